The molecule has 9 heteroatoms. The molecule has 0 saturated heterocycles. The number of carbonyl (C=O) groups excluding carboxylic acids is 2. The summed E-state index contributed by atoms with van der Waals surface area (Å²) in [4.78, 5) is 34.9. The third-order valence-corrected chi connectivity index (χ3v) is 12.0. The van der Waals surface area contributed by atoms with Crippen molar-refractivity contribution in [3.05, 3.63) is 48.6 Å². The fraction of sp³-hybridized carbons (Fsp3) is 0.808. The van der Waals surface area contributed by atoms with Gasteiger partial charge < -0.3 is 14.4 Å². The number of hydrogen-bond donors (Lipinski definition) is 1. The molecule has 0 spiro atoms. The normalized spacial score (nSPS) is 13.6. The topological polar surface area (TPSA) is 108 Å². The molecule has 0 aliphatic carbocycles. The van der Waals surface area contributed by atoms with Crippen LogP contribution in [0.15, 0.2) is 48.6 Å². The molecule has 2 atom stereocenters. The van der Waals surface area contributed by atoms with Crippen molar-refractivity contribution in [3.8, 4) is 0 Å². The van der Waals surface area contributed by atoms with Gasteiger partial charge in [0, 0.05) is 12.8 Å². The lowest BCUT2D eigenvalue weighted by Gasteiger charge is -2.19. The van der Waals surface area contributed by atoms with Crippen LogP contribution in [0.2, 0.25) is 0 Å². The Morgan fingerprint density at radius 3 is 1.26 bits per heavy atom. The maximum Gasteiger partial charge on any atom is 0.472 e. The maximum atomic E-state index is 12.6. The van der Waals surface area contributed by atoms with E-state index in [-0.39, 0.29) is 25.6 Å². The van der Waals surface area contributed by atoms with Gasteiger partial charge in [0.1, 0.15) is 6.61 Å². The minimum Gasteiger partial charge on any atom is -0.462 e. The first kappa shape index (κ1) is 59.0. The van der Waals surface area contributed by atoms with Gasteiger partial charge in [-0.2, -0.15) is 0 Å². The molecule has 0 bridgehead atoms. The average molecular weight is 879 g/mol. The second kappa shape index (κ2) is 47.5. The quantitative estimate of drug-likeness (QED) is 0.0279. The number of rotatable bonds is 47. The van der Waals surface area contributed by atoms with E-state index in [0.717, 1.165) is 70.6 Å². The van der Waals surface area contributed by atoms with Crippen LogP contribution in [0.25, 0.3) is 0 Å². The fourth-order valence-corrected chi connectivity index (χ4v) is 7.97. The highest BCUT2D eigenvalue weighted by Gasteiger charge is 2.25. The van der Waals surface area contributed by atoms with Crippen LogP contribution in [0.5, 0.6) is 0 Å². The zero-order valence-corrected chi connectivity index (χ0v) is 40.7. The number of ether oxygens (including phenoxy) is 2. The van der Waals surface area contributed by atoms with Crippen molar-refractivity contribution in [1.82, 2.24) is 0 Å². The van der Waals surface area contributed by atoms with Crippen LogP contribution in [0.1, 0.15) is 245 Å². The van der Waals surface area contributed by atoms with Crippen LogP contribution in [-0.4, -0.2) is 42.8 Å². The number of hydrogen-bond acceptors (Lipinski definition) is 7. The molecule has 61 heavy (non-hydrogen) atoms. The van der Waals surface area contributed by atoms with Crippen molar-refractivity contribution < 1.29 is 37.6 Å². The first-order valence-corrected chi connectivity index (χ1v) is 26.9. The van der Waals surface area contributed by atoms with Gasteiger partial charge in [0.25, 0.3) is 0 Å². The van der Waals surface area contributed by atoms with Crippen molar-refractivity contribution in [1.29, 1.82) is 0 Å². The van der Waals surface area contributed by atoms with Gasteiger partial charge in [-0.05, 0) is 58.3 Å². The molecule has 0 fully saturated rings. The lowest BCUT2D eigenvalue weighted by Crippen LogP contribution is -2.29. The highest BCUT2D eigenvalue weighted by molar-refractivity contribution is 7.47. The minimum atomic E-state index is -4.29. The zero-order valence-electron chi connectivity index (χ0n) is 39.8. The van der Waals surface area contributed by atoms with Crippen LogP contribution >= 0.6 is 7.82 Å². The molecule has 0 aliphatic heterocycles. The number of allylic oxidation sites excluding steroid dienone is 8. The van der Waals surface area contributed by atoms with Gasteiger partial charge >= 0.3 is 19.8 Å². The Morgan fingerprint density at radius 1 is 0.459 bits per heavy atom. The van der Waals surface area contributed by atoms with Crippen molar-refractivity contribution in [2.75, 3.05) is 19.8 Å². The summed E-state index contributed by atoms with van der Waals surface area (Å²) in [6.45, 7) is 5.37. The van der Waals surface area contributed by atoms with E-state index in [0.29, 0.717) is 12.8 Å². The summed E-state index contributed by atoms with van der Waals surface area (Å²) in [7, 11) is -4.29. The lowest BCUT2D eigenvalue weighted by atomic mass is 10.0. The Morgan fingerprint density at radius 2 is 0.836 bits per heavy atom. The zero-order chi connectivity index (χ0) is 44.6. The molecule has 356 valence electrons. The summed E-state index contributed by atoms with van der Waals surface area (Å²) in [6, 6.07) is 0. The number of carbonyl (C=O) groups is 2. The van der Waals surface area contributed by atoms with E-state index >= 15 is 0 Å². The van der Waals surface area contributed by atoms with Gasteiger partial charge in [-0.3, -0.25) is 18.6 Å². The van der Waals surface area contributed by atoms with Gasteiger partial charge in [-0.25, -0.2) is 4.57 Å². The van der Waals surface area contributed by atoms with E-state index in [1.807, 2.05) is 0 Å². The second-order valence-corrected chi connectivity index (χ2v) is 18.3. The monoisotopic (exact) mass is 879 g/mol. The molecule has 8 nitrogen and oxygen atoms in total. The first-order chi connectivity index (χ1) is 29.8. The van der Waals surface area contributed by atoms with Gasteiger partial charge in [-0.15, -0.1) is 0 Å². The Balaban J connectivity index is 3.96. The van der Waals surface area contributed by atoms with E-state index in [1.165, 1.54) is 135 Å². The summed E-state index contributed by atoms with van der Waals surface area (Å²) in [5.74, 6) is -0.817. The third kappa shape index (κ3) is 47.3. The number of esters is 2. The molecule has 0 heterocycles. The van der Waals surface area contributed by atoms with Gasteiger partial charge in [0.05, 0.1) is 13.2 Å². The Bertz CT molecular complexity index is 1130. The first-order valence-electron chi connectivity index (χ1n) is 25.4. The van der Waals surface area contributed by atoms with E-state index < -0.39 is 26.5 Å². The molecule has 2 unspecified atom stereocenters. The van der Waals surface area contributed by atoms with Crippen molar-refractivity contribution in [3.63, 3.8) is 0 Å². The van der Waals surface area contributed by atoms with Crippen LogP contribution in [0, 0.1) is 0 Å². The standard InChI is InChI=1S/C52H95O8P/c1-4-7-9-11-13-15-17-19-21-23-24-25-26-27-28-29-31-32-34-36-38-40-42-44-46-51(53)57-48-50(49-59-61(55,56)58-6-3)60-52(54)47-45-43-41-39-37-35-33-30-22-20-18-16-14-12-10-8-5-2/h8,10,14,16,20,22,33,35,50H,4-7,9,11-13,15,17-19,21,23-32,34,36-49H2,1-3H3,(H,55,56)/b10-8-,16-14-,22-20-,35-33-. The summed E-state index contributed by atoms with van der Waals surface area (Å²) in [5.41, 5.74) is 0. The van der Waals surface area contributed by atoms with Gasteiger partial charge in [0.2, 0.25) is 0 Å². The number of unbranched alkanes of at least 4 members (excludes halogenated alkanes) is 27. The average Bonchev–Trinajstić information content (AvgIpc) is 3.24. The molecule has 0 amide bonds. The molecule has 0 aromatic heterocycles. The molecule has 0 saturated carbocycles. The highest BCUT2D eigenvalue weighted by Crippen LogP contribution is 2.43. The molecule has 1 N–H and O–H groups in total. The largest absolute Gasteiger partial charge is 0.472 e. The Hall–Kier alpha value is -1.99. The Kier molecular flexibility index (Phi) is 45.9. The van der Waals surface area contributed by atoms with Crippen molar-refractivity contribution in [2.24, 2.45) is 0 Å². The molecule has 0 aliphatic rings. The fourth-order valence-electron chi connectivity index (χ4n) is 7.21. The summed E-state index contributed by atoms with van der Waals surface area (Å²) in [6.07, 6.45) is 57.6. The SMILES string of the molecule is CC/C=C\C/C=C\C/C=C\C/C=C\CCCCCCC(=O)OC(COC(=O)CCCCCCCCCCCCCCCCCCCCCCCCCC)COP(=O)(O)OCC. The minimum absolute atomic E-state index is 0.00487. The third-order valence-electron chi connectivity index (χ3n) is 10.9. The van der Waals surface area contributed by atoms with E-state index in [1.54, 1.807) is 6.92 Å². The van der Waals surface area contributed by atoms with Crippen LogP contribution in [0.4, 0.5) is 0 Å². The smallest absolute Gasteiger partial charge is 0.462 e. The summed E-state index contributed by atoms with van der Waals surface area (Å²) >= 11 is 0. The van der Waals surface area contributed by atoms with Gasteiger partial charge in [0.15, 0.2) is 6.10 Å². The van der Waals surface area contributed by atoms with Crippen molar-refractivity contribution >= 4 is 19.8 Å². The molecule has 0 radical (unpaired) electrons. The molecular formula is C52H95O8P. The molecular weight excluding hydrogens is 784 g/mol. The van der Waals surface area contributed by atoms with Gasteiger partial charge in [-0.1, -0.05) is 223 Å². The highest BCUT2D eigenvalue weighted by atomic mass is 31.2. The van der Waals surface area contributed by atoms with Crippen LogP contribution < -0.4 is 0 Å². The van der Waals surface area contributed by atoms with E-state index in [9.17, 15) is 19.0 Å². The Labute approximate surface area is 376 Å². The molecule has 0 aromatic rings. The summed E-state index contributed by atoms with van der Waals surface area (Å²) < 4.78 is 32.8. The lowest BCUT2D eigenvalue weighted by molar-refractivity contribution is -0.161. The maximum absolute atomic E-state index is 12.6. The second-order valence-electron chi connectivity index (χ2n) is 16.8. The van der Waals surface area contributed by atoms with Crippen LogP contribution in [-0.2, 0) is 32.7 Å². The predicted octanol–water partition coefficient (Wildman–Crippen LogP) is 16.5. The van der Waals surface area contributed by atoms with Crippen LogP contribution in [0.3, 0.4) is 0 Å². The predicted molar refractivity (Wildman–Crippen MR) is 258 cm³/mol. The van der Waals surface area contributed by atoms with E-state index in [2.05, 4.69) is 62.5 Å². The number of phosphoric ester groups is 1. The van der Waals surface area contributed by atoms with E-state index in [4.69, 9.17) is 18.5 Å². The summed E-state index contributed by atoms with van der Waals surface area (Å²) in [5, 5.41) is 0. The van der Waals surface area contributed by atoms with Crippen molar-refractivity contribution in [2.45, 2.75) is 252 Å². The number of phosphoric acid groups is 1. The molecule has 0 rings (SSSR count). The molecule has 0 aromatic carbocycles.